The van der Waals surface area contributed by atoms with E-state index in [0.29, 0.717) is 11.3 Å². The van der Waals surface area contributed by atoms with E-state index in [4.69, 9.17) is 4.74 Å². The van der Waals surface area contributed by atoms with Gasteiger partial charge in [0, 0.05) is 6.20 Å². The minimum Gasteiger partial charge on any atom is -0.465 e. The van der Waals surface area contributed by atoms with Gasteiger partial charge < -0.3 is 14.8 Å². The molecule has 0 aliphatic carbocycles. The number of rotatable bonds is 5. The molecule has 0 saturated heterocycles. The van der Waals surface area contributed by atoms with Crippen molar-refractivity contribution in [2.24, 2.45) is 0 Å². The molecule has 0 unspecified atom stereocenters. The summed E-state index contributed by atoms with van der Waals surface area (Å²) in [6, 6.07) is 3.07. The zero-order valence-corrected chi connectivity index (χ0v) is 10.0. The number of pyridine rings is 1. The van der Waals surface area contributed by atoms with Crippen molar-refractivity contribution in [3.8, 4) is 0 Å². The van der Waals surface area contributed by atoms with Gasteiger partial charge in [0.25, 0.3) is 0 Å². The van der Waals surface area contributed by atoms with Crippen LogP contribution in [-0.2, 0) is 16.0 Å². The predicted molar refractivity (Wildman–Crippen MR) is 64.0 cm³/mol. The minimum absolute atomic E-state index is 0.140. The van der Waals surface area contributed by atoms with Crippen LogP contribution in [0.5, 0.6) is 0 Å². The van der Waals surface area contributed by atoms with E-state index in [-0.39, 0.29) is 13.2 Å². The fraction of sp³-hybridized carbons (Fsp3) is 0.250. The van der Waals surface area contributed by atoms with Gasteiger partial charge in [0.15, 0.2) is 0 Å². The number of hydrogen-bond acceptors (Lipinski definition) is 5. The molecule has 96 valence electrons. The predicted octanol–water partition coefficient (Wildman–Crippen LogP) is 1.28. The van der Waals surface area contributed by atoms with Crippen molar-refractivity contribution >= 4 is 12.1 Å². The van der Waals surface area contributed by atoms with Gasteiger partial charge in [-0.3, -0.25) is 4.98 Å². The van der Waals surface area contributed by atoms with Gasteiger partial charge in [0.05, 0.1) is 24.9 Å². The van der Waals surface area contributed by atoms with E-state index in [1.54, 1.807) is 6.07 Å². The van der Waals surface area contributed by atoms with Crippen molar-refractivity contribution in [1.29, 1.82) is 0 Å². The van der Waals surface area contributed by atoms with Crippen LogP contribution in [0.3, 0.4) is 0 Å². The van der Waals surface area contributed by atoms with Gasteiger partial charge in [-0.2, -0.15) is 0 Å². The van der Waals surface area contributed by atoms with Crippen LogP contribution in [0.15, 0.2) is 31.0 Å². The average molecular weight is 250 g/mol. The van der Waals surface area contributed by atoms with E-state index in [0.717, 1.165) is 0 Å². The van der Waals surface area contributed by atoms with Crippen LogP contribution in [0, 0.1) is 0 Å². The van der Waals surface area contributed by atoms with Crippen LogP contribution < -0.4 is 5.32 Å². The molecule has 1 aromatic heterocycles. The van der Waals surface area contributed by atoms with Gasteiger partial charge in [-0.05, 0) is 12.1 Å². The lowest BCUT2D eigenvalue weighted by atomic mass is 10.2. The molecule has 6 heteroatoms. The molecule has 0 saturated carbocycles. The highest BCUT2D eigenvalue weighted by atomic mass is 16.5. The second-order valence-corrected chi connectivity index (χ2v) is 3.27. The SMILES string of the molecule is C=CCOC(=O)NCc1cc(C(=O)OC)ccn1. The Morgan fingerprint density at radius 2 is 2.33 bits per heavy atom. The van der Waals surface area contributed by atoms with Crippen molar-refractivity contribution in [2.75, 3.05) is 13.7 Å². The molecule has 18 heavy (non-hydrogen) atoms. The summed E-state index contributed by atoms with van der Waals surface area (Å²) < 4.78 is 9.30. The molecular weight excluding hydrogens is 236 g/mol. The fourth-order valence-corrected chi connectivity index (χ4v) is 1.17. The number of aromatic nitrogens is 1. The Bertz CT molecular complexity index is 445. The quantitative estimate of drug-likeness (QED) is 0.629. The number of carbonyl (C=O) groups is 2. The first-order valence-electron chi connectivity index (χ1n) is 5.22. The molecule has 1 heterocycles. The number of alkyl carbamates (subject to hydrolysis) is 1. The van der Waals surface area contributed by atoms with Crippen LogP contribution in [0.4, 0.5) is 4.79 Å². The highest BCUT2D eigenvalue weighted by Gasteiger charge is 2.07. The highest BCUT2D eigenvalue weighted by Crippen LogP contribution is 2.03. The van der Waals surface area contributed by atoms with Gasteiger partial charge in [-0.25, -0.2) is 9.59 Å². The number of nitrogens with zero attached hydrogens (tertiary/aromatic N) is 1. The molecular formula is C12H14N2O4. The third-order valence-electron chi connectivity index (χ3n) is 1.98. The summed E-state index contributed by atoms with van der Waals surface area (Å²) in [4.78, 5) is 26.4. The average Bonchev–Trinajstić information content (AvgIpc) is 2.42. The third kappa shape index (κ3) is 4.25. The lowest BCUT2D eigenvalue weighted by molar-refractivity contribution is 0.0600. The molecule has 6 nitrogen and oxygen atoms in total. The molecule has 1 rings (SSSR count). The number of amides is 1. The maximum Gasteiger partial charge on any atom is 0.407 e. The summed E-state index contributed by atoms with van der Waals surface area (Å²) in [6.45, 7) is 3.73. The first-order valence-corrected chi connectivity index (χ1v) is 5.22. The summed E-state index contributed by atoms with van der Waals surface area (Å²) in [6.07, 6.45) is 2.37. The van der Waals surface area contributed by atoms with E-state index in [9.17, 15) is 9.59 Å². The van der Waals surface area contributed by atoms with Crippen LogP contribution >= 0.6 is 0 Å². The minimum atomic E-state index is -0.569. The van der Waals surface area contributed by atoms with Crippen LogP contribution in [-0.4, -0.2) is 30.8 Å². The van der Waals surface area contributed by atoms with Crippen molar-refractivity contribution in [1.82, 2.24) is 10.3 Å². The summed E-state index contributed by atoms with van der Waals surface area (Å²) in [5, 5.41) is 2.49. The Balaban J connectivity index is 2.54. The number of esters is 1. The Labute approximate surface area is 105 Å². The number of nitrogens with one attached hydrogen (secondary N) is 1. The molecule has 0 bridgehead atoms. The largest absolute Gasteiger partial charge is 0.465 e. The van der Waals surface area contributed by atoms with Gasteiger partial charge in [-0.15, -0.1) is 0 Å². The molecule has 0 spiro atoms. The molecule has 0 aromatic carbocycles. The lowest BCUT2D eigenvalue weighted by Gasteiger charge is -2.05. The zero-order chi connectivity index (χ0) is 13.4. The molecule has 0 fully saturated rings. The van der Waals surface area contributed by atoms with Gasteiger partial charge in [0.2, 0.25) is 0 Å². The molecule has 0 aliphatic rings. The molecule has 0 atom stereocenters. The van der Waals surface area contributed by atoms with E-state index in [1.165, 1.54) is 25.4 Å². The lowest BCUT2D eigenvalue weighted by Crippen LogP contribution is -2.24. The number of methoxy groups -OCH3 is 1. The molecule has 1 amide bonds. The normalized spacial score (nSPS) is 9.39. The van der Waals surface area contributed by atoms with Crippen molar-refractivity contribution in [3.63, 3.8) is 0 Å². The Hall–Kier alpha value is -2.37. The van der Waals surface area contributed by atoms with E-state index >= 15 is 0 Å². The zero-order valence-electron chi connectivity index (χ0n) is 10.0. The summed E-state index contributed by atoms with van der Waals surface area (Å²) in [5.74, 6) is -0.451. The van der Waals surface area contributed by atoms with Crippen molar-refractivity contribution < 1.29 is 19.1 Å². The standard InChI is InChI=1S/C12H14N2O4/c1-3-6-18-12(16)14-8-10-7-9(4-5-13-10)11(15)17-2/h3-5,7H,1,6,8H2,2H3,(H,14,16). The number of carbonyl (C=O) groups excluding carboxylic acids is 2. The number of hydrogen-bond donors (Lipinski definition) is 1. The van der Waals surface area contributed by atoms with Crippen LogP contribution in [0.2, 0.25) is 0 Å². The molecule has 0 radical (unpaired) electrons. The first-order chi connectivity index (χ1) is 8.67. The summed E-state index contributed by atoms with van der Waals surface area (Å²) in [5.41, 5.74) is 0.914. The van der Waals surface area contributed by atoms with Crippen molar-refractivity contribution in [3.05, 3.63) is 42.2 Å². The van der Waals surface area contributed by atoms with E-state index in [2.05, 4.69) is 21.6 Å². The van der Waals surface area contributed by atoms with Crippen LogP contribution in [0.25, 0.3) is 0 Å². The molecule has 0 aliphatic heterocycles. The second kappa shape index (κ2) is 7.05. The molecule has 1 N–H and O–H groups in total. The van der Waals surface area contributed by atoms with Crippen LogP contribution in [0.1, 0.15) is 16.1 Å². The fourth-order valence-electron chi connectivity index (χ4n) is 1.17. The number of ether oxygens (including phenoxy) is 2. The molecule has 1 aromatic rings. The smallest absolute Gasteiger partial charge is 0.407 e. The van der Waals surface area contributed by atoms with E-state index in [1.807, 2.05) is 0 Å². The maximum atomic E-state index is 11.3. The Morgan fingerprint density at radius 1 is 1.56 bits per heavy atom. The second-order valence-electron chi connectivity index (χ2n) is 3.27. The monoisotopic (exact) mass is 250 g/mol. The summed E-state index contributed by atoms with van der Waals surface area (Å²) in [7, 11) is 1.30. The van der Waals surface area contributed by atoms with Gasteiger partial charge in [0.1, 0.15) is 6.61 Å². The first kappa shape index (κ1) is 13.7. The maximum absolute atomic E-state index is 11.3. The summed E-state index contributed by atoms with van der Waals surface area (Å²) >= 11 is 0. The van der Waals surface area contributed by atoms with Gasteiger partial charge in [-0.1, -0.05) is 12.7 Å². The van der Waals surface area contributed by atoms with Gasteiger partial charge >= 0.3 is 12.1 Å². The third-order valence-corrected chi connectivity index (χ3v) is 1.98. The highest BCUT2D eigenvalue weighted by molar-refractivity contribution is 5.89. The Morgan fingerprint density at radius 3 is 3.00 bits per heavy atom. The van der Waals surface area contributed by atoms with E-state index < -0.39 is 12.1 Å². The Kier molecular flexibility index (Phi) is 5.37. The van der Waals surface area contributed by atoms with Crippen molar-refractivity contribution in [2.45, 2.75) is 6.54 Å². The topological polar surface area (TPSA) is 77.5 Å².